The Kier molecular flexibility index (Phi) is 6.64. The number of rotatable bonds is 6. The minimum absolute atomic E-state index is 0.251. The van der Waals surface area contributed by atoms with Gasteiger partial charge < -0.3 is 14.2 Å². The maximum atomic E-state index is 13.0. The molecule has 0 amide bonds. The molecule has 0 aliphatic carbocycles. The second kappa shape index (κ2) is 9.40. The van der Waals surface area contributed by atoms with E-state index in [0.717, 1.165) is 16.7 Å². The Morgan fingerprint density at radius 2 is 1.57 bits per heavy atom. The van der Waals surface area contributed by atoms with Crippen molar-refractivity contribution in [1.82, 2.24) is 8.61 Å². The van der Waals surface area contributed by atoms with Crippen molar-refractivity contribution < 1.29 is 27.0 Å². The highest BCUT2D eigenvalue weighted by atomic mass is 32.2. The summed E-state index contributed by atoms with van der Waals surface area (Å²) in [5.74, 6) is 0.415. The Bertz CT molecular complexity index is 962. The third kappa shape index (κ3) is 4.98. The molecule has 0 N–H and O–H groups in total. The van der Waals surface area contributed by atoms with Crippen LogP contribution >= 0.6 is 0 Å². The Labute approximate surface area is 176 Å². The second-order valence-corrected chi connectivity index (χ2v) is 9.19. The fraction of sp³-hybridized carbons (Fsp3) is 0.429. The summed E-state index contributed by atoms with van der Waals surface area (Å²) in [5.41, 5.74) is 2.62. The van der Waals surface area contributed by atoms with Crippen LogP contribution in [0.3, 0.4) is 0 Å². The van der Waals surface area contributed by atoms with E-state index in [9.17, 15) is 12.8 Å². The van der Waals surface area contributed by atoms with Crippen molar-refractivity contribution in [1.29, 1.82) is 0 Å². The van der Waals surface area contributed by atoms with Gasteiger partial charge in [0, 0.05) is 31.7 Å². The van der Waals surface area contributed by atoms with Gasteiger partial charge in [0.25, 0.3) is 10.2 Å². The van der Waals surface area contributed by atoms with Crippen LogP contribution in [-0.2, 0) is 39.4 Å². The molecule has 2 aromatic carbocycles. The molecule has 2 aliphatic heterocycles. The summed E-state index contributed by atoms with van der Waals surface area (Å²) in [6, 6.07) is 11.9. The quantitative estimate of drug-likeness (QED) is 0.695. The van der Waals surface area contributed by atoms with Gasteiger partial charge in [0.05, 0.1) is 26.4 Å². The molecule has 9 heteroatoms. The molecule has 0 unspecified atom stereocenters. The molecule has 2 heterocycles. The van der Waals surface area contributed by atoms with Crippen molar-refractivity contribution in [2.24, 2.45) is 0 Å². The first-order valence-electron chi connectivity index (χ1n) is 9.92. The zero-order chi connectivity index (χ0) is 21.0. The number of fused-ring (bicyclic) bond motifs is 1. The van der Waals surface area contributed by atoms with Crippen LogP contribution in [0.2, 0.25) is 0 Å². The highest BCUT2D eigenvalue weighted by molar-refractivity contribution is 7.86. The highest BCUT2D eigenvalue weighted by Crippen LogP contribution is 2.27. The maximum absolute atomic E-state index is 13.0. The van der Waals surface area contributed by atoms with E-state index in [-0.39, 0.29) is 12.4 Å². The summed E-state index contributed by atoms with van der Waals surface area (Å²) in [7, 11) is -3.58. The topological polar surface area (TPSA) is 68.3 Å². The standard InChI is InChI=1S/C21H25FN2O5S/c22-20-4-1-17(2-5-20)15-28-16-18-3-6-21-19(13-18)14-24(9-12-29-21)30(25,26)23-7-10-27-11-8-23/h1-6,13H,7-12,14-16H2. The predicted octanol–water partition coefficient (Wildman–Crippen LogP) is 2.31. The van der Waals surface area contributed by atoms with Gasteiger partial charge in [-0.1, -0.05) is 18.2 Å². The summed E-state index contributed by atoms with van der Waals surface area (Å²) in [4.78, 5) is 0. The van der Waals surface area contributed by atoms with E-state index in [1.54, 1.807) is 12.1 Å². The Hall–Kier alpha value is -2.04. The van der Waals surface area contributed by atoms with Gasteiger partial charge >= 0.3 is 0 Å². The van der Waals surface area contributed by atoms with E-state index in [2.05, 4.69) is 0 Å². The van der Waals surface area contributed by atoms with E-state index in [4.69, 9.17) is 14.2 Å². The summed E-state index contributed by atoms with van der Waals surface area (Å²) in [6.07, 6.45) is 0. The SMILES string of the molecule is O=S(=O)(N1CCOCC1)N1CCOc2ccc(COCc3ccc(F)cc3)cc2C1. The van der Waals surface area contributed by atoms with Crippen LogP contribution in [0.15, 0.2) is 42.5 Å². The fourth-order valence-electron chi connectivity index (χ4n) is 3.52. The Morgan fingerprint density at radius 1 is 0.900 bits per heavy atom. The lowest BCUT2D eigenvalue weighted by atomic mass is 10.1. The number of hydrogen-bond acceptors (Lipinski definition) is 5. The lowest BCUT2D eigenvalue weighted by molar-refractivity contribution is 0.0699. The van der Waals surface area contributed by atoms with Crippen molar-refractivity contribution in [3.05, 3.63) is 65.0 Å². The molecule has 1 fully saturated rings. The average Bonchev–Trinajstić information content (AvgIpc) is 2.98. The van der Waals surface area contributed by atoms with Gasteiger partial charge in [-0.25, -0.2) is 4.39 Å². The van der Waals surface area contributed by atoms with E-state index in [1.165, 1.54) is 20.7 Å². The van der Waals surface area contributed by atoms with E-state index in [0.29, 0.717) is 58.4 Å². The molecular formula is C21H25FN2O5S. The molecule has 1 saturated heterocycles. The third-order valence-electron chi connectivity index (χ3n) is 5.14. The van der Waals surface area contributed by atoms with Gasteiger partial charge in [-0.3, -0.25) is 0 Å². The first-order valence-corrected chi connectivity index (χ1v) is 11.3. The third-order valence-corrected chi connectivity index (χ3v) is 7.13. The van der Waals surface area contributed by atoms with Crippen LogP contribution in [0.1, 0.15) is 16.7 Å². The highest BCUT2D eigenvalue weighted by Gasteiger charge is 2.32. The first kappa shape index (κ1) is 21.2. The summed E-state index contributed by atoms with van der Waals surface area (Å²) < 4.78 is 58.8. The summed E-state index contributed by atoms with van der Waals surface area (Å²) in [6.45, 7) is 3.13. The zero-order valence-electron chi connectivity index (χ0n) is 16.6. The molecule has 0 bridgehead atoms. The molecular weight excluding hydrogens is 411 g/mol. The molecule has 7 nitrogen and oxygen atoms in total. The van der Waals surface area contributed by atoms with Crippen molar-refractivity contribution in [2.45, 2.75) is 19.8 Å². The zero-order valence-corrected chi connectivity index (χ0v) is 17.4. The fourth-order valence-corrected chi connectivity index (χ4v) is 5.06. The number of hydrogen-bond donors (Lipinski definition) is 0. The van der Waals surface area contributed by atoms with Gasteiger partial charge in [0.1, 0.15) is 18.2 Å². The van der Waals surface area contributed by atoms with E-state index >= 15 is 0 Å². The predicted molar refractivity (Wildman–Crippen MR) is 109 cm³/mol. The summed E-state index contributed by atoms with van der Waals surface area (Å²) in [5, 5.41) is 0. The van der Waals surface area contributed by atoms with Crippen LogP contribution in [0, 0.1) is 5.82 Å². The first-order chi connectivity index (χ1) is 14.5. The summed E-state index contributed by atoms with van der Waals surface area (Å²) >= 11 is 0. The maximum Gasteiger partial charge on any atom is 0.282 e. The molecule has 0 aromatic heterocycles. The van der Waals surface area contributed by atoms with Crippen LogP contribution in [0.4, 0.5) is 4.39 Å². The molecule has 0 atom stereocenters. The average molecular weight is 437 g/mol. The van der Waals surface area contributed by atoms with Gasteiger partial charge in [-0.2, -0.15) is 17.0 Å². The lowest BCUT2D eigenvalue weighted by Gasteiger charge is -2.31. The Morgan fingerprint density at radius 3 is 2.33 bits per heavy atom. The smallest absolute Gasteiger partial charge is 0.282 e. The van der Waals surface area contributed by atoms with E-state index < -0.39 is 10.2 Å². The minimum Gasteiger partial charge on any atom is -0.492 e. The second-order valence-electron chi connectivity index (χ2n) is 7.26. The molecule has 30 heavy (non-hydrogen) atoms. The molecule has 162 valence electrons. The van der Waals surface area contributed by atoms with Crippen molar-refractivity contribution in [2.75, 3.05) is 39.5 Å². The van der Waals surface area contributed by atoms with Crippen LogP contribution < -0.4 is 4.74 Å². The minimum atomic E-state index is -3.58. The normalized spacial score (nSPS) is 18.4. The number of nitrogens with zero attached hydrogens (tertiary/aromatic N) is 2. The van der Waals surface area contributed by atoms with Gasteiger partial charge in [0.2, 0.25) is 0 Å². The lowest BCUT2D eigenvalue weighted by Crippen LogP contribution is -2.48. The van der Waals surface area contributed by atoms with Gasteiger partial charge in [-0.05, 0) is 35.4 Å². The molecule has 0 saturated carbocycles. The van der Waals surface area contributed by atoms with Gasteiger partial charge in [-0.15, -0.1) is 0 Å². The van der Waals surface area contributed by atoms with E-state index in [1.807, 2.05) is 18.2 Å². The largest absolute Gasteiger partial charge is 0.492 e. The molecule has 0 spiro atoms. The number of halogens is 1. The molecule has 2 aliphatic rings. The van der Waals surface area contributed by atoms with Crippen molar-refractivity contribution >= 4 is 10.2 Å². The van der Waals surface area contributed by atoms with Crippen LogP contribution in [0.5, 0.6) is 5.75 Å². The van der Waals surface area contributed by atoms with Crippen LogP contribution in [-0.4, -0.2) is 56.5 Å². The number of benzene rings is 2. The molecule has 2 aromatic rings. The monoisotopic (exact) mass is 436 g/mol. The molecule has 4 rings (SSSR count). The number of ether oxygens (including phenoxy) is 3. The van der Waals surface area contributed by atoms with Crippen molar-refractivity contribution in [3.8, 4) is 5.75 Å². The van der Waals surface area contributed by atoms with Crippen LogP contribution in [0.25, 0.3) is 0 Å². The van der Waals surface area contributed by atoms with Crippen molar-refractivity contribution in [3.63, 3.8) is 0 Å². The number of morpholine rings is 1. The Balaban J connectivity index is 1.42. The van der Waals surface area contributed by atoms with Gasteiger partial charge in [0.15, 0.2) is 0 Å². The molecule has 0 radical (unpaired) electrons.